The first-order chi connectivity index (χ1) is 10.5. The molecule has 7 heteroatoms. The highest BCUT2D eigenvalue weighted by atomic mass is 35.5. The molecule has 0 aliphatic heterocycles. The molecule has 0 aliphatic rings. The number of ether oxygens (including phenoxy) is 2. The van der Waals surface area contributed by atoms with Gasteiger partial charge in [-0.15, -0.1) is 0 Å². The third kappa shape index (κ3) is 5.29. The molecule has 1 aromatic carbocycles. The molecule has 0 saturated carbocycles. The van der Waals surface area contributed by atoms with Gasteiger partial charge in [0.1, 0.15) is 5.69 Å². The van der Waals surface area contributed by atoms with Crippen molar-refractivity contribution in [3.63, 3.8) is 0 Å². The summed E-state index contributed by atoms with van der Waals surface area (Å²) in [6.45, 7) is 3.47. The average molecular weight is 326 g/mol. The molecule has 0 heterocycles. The predicted octanol–water partition coefficient (Wildman–Crippen LogP) is 2.14. The molecule has 22 heavy (non-hydrogen) atoms. The Labute approximate surface area is 132 Å². The predicted molar refractivity (Wildman–Crippen MR) is 82.6 cm³/mol. The number of esters is 2. The van der Waals surface area contributed by atoms with Crippen LogP contribution in [-0.4, -0.2) is 31.4 Å². The van der Waals surface area contributed by atoms with Crippen molar-refractivity contribution >= 4 is 35.4 Å². The van der Waals surface area contributed by atoms with Gasteiger partial charge in [-0.3, -0.25) is 19.4 Å². The van der Waals surface area contributed by atoms with Crippen LogP contribution in [0.5, 0.6) is 0 Å². The summed E-state index contributed by atoms with van der Waals surface area (Å²) in [5.74, 6) is -2.88. The lowest BCUT2D eigenvalue weighted by Gasteiger charge is -2.09. The summed E-state index contributed by atoms with van der Waals surface area (Å²) in [5.41, 5.74) is -0.347. The monoisotopic (exact) mass is 325 g/mol. The maximum atomic E-state index is 11.8. The van der Waals surface area contributed by atoms with Crippen molar-refractivity contribution in [1.82, 2.24) is 0 Å². The number of carbonyl (C=O) groups excluding carboxylic acids is 2. The number of aliphatic imine (C=N–C) groups is 1. The number of hydrogen-bond acceptors (Lipinski definition) is 6. The molecule has 1 aromatic rings. The summed E-state index contributed by atoms with van der Waals surface area (Å²) >= 11 is 5.78. The Morgan fingerprint density at radius 2 is 1.68 bits per heavy atom. The third-order valence-electron chi connectivity index (χ3n) is 2.49. The van der Waals surface area contributed by atoms with E-state index < -0.39 is 23.3 Å². The van der Waals surface area contributed by atoms with Crippen molar-refractivity contribution in [2.24, 2.45) is 10.9 Å². The summed E-state index contributed by atoms with van der Waals surface area (Å²) in [4.78, 5) is 39.2. The summed E-state index contributed by atoms with van der Waals surface area (Å²) in [6.07, 6.45) is 1.04. The molecular weight excluding hydrogens is 310 g/mol. The van der Waals surface area contributed by atoms with Crippen LogP contribution in [0.4, 0.5) is 5.69 Å². The van der Waals surface area contributed by atoms with Gasteiger partial charge < -0.3 is 9.47 Å². The van der Waals surface area contributed by atoms with E-state index in [4.69, 9.17) is 21.1 Å². The lowest BCUT2D eigenvalue weighted by atomic mass is 10.2. The highest BCUT2D eigenvalue weighted by molar-refractivity contribution is 6.30. The van der Waals surface area contributed by atoms with Crippen molar-refractivity contribution < 1.29 is 19.1 Å². The molecular formula is C15H16ClNO5. The summed E-state index contributed by atoms with van der Waals surface area (Å²) in [5, 5.41) is 0.367. The molecule has 1 rings (SSSR count). The van der Waals surface area contributed by atoms with E-state index in [9.17, 15) is 14.4 Å². The molecule has 0 amide bonds. The minimum absolute atomic E-state index is 0.0468. The van der Waals surface area contributed by atoms with E-state index in [2.05, 4.69) is 4.99 Å². The van der Waals surface area contributed by atoms with E-state index in [0.717, 1.165) is 6.21 Å². The van der Waals surface area contributed by atoms with Crippen LogP contribution < -0.4 is 5.43 Å². The van der Waals surface area contributed by atoms with Crippen molar-refractivity contribution in [2.45, 2.75) is 13.8 Å². The zero-order valence-corrected chi connectivity index (χ0v) is 13.0. The minimum Gasteiger partial charge on any atom is -0.465 e. The molecule has 6 nitrogen and oxygen atoms in total. The first-order valence-corrected chi connectivity index (χ1v) is 7.04. The van der Waals surface area contributed by atoms with Gasteiger partial charge in [0.2, 0.25) is 5.43 Å². The second-order valence-corrected chi connectivity index (χ2v) is 4.50. The SMILES string of the molecule is CCOC(=O)C(C=Nc1ccc(Cl)ccc1=O)C(=O)OCC. The van der Waals surface area contributed by atoms with Crippen LogP contribution in [-0.2, 0) is 19.1 Å². The van der Waals surface area contributed by atoms with Crippen LogP contribution in [0, 0.1) is 5.92 Å². The Kier molecular flexibility index (Phi) is 7.25. The minimum atomic E-state index is -1.32. The van der Waals surface area contributed by atoms with E-state index in [0.29, 0.717) is 5.02 Å². The fourth-order valence-electron chi connectivity index (χ4n) is 1.48. The Morgan fingerprint density at radius 1 is 1.14 bits per heavy atom. The quantitative estimate of drug-likeness (QED) is 0.454. The molecule has 0 aromatic heterocycles. The Hall–Kier alpha value is -2.21. The van der Waals surface area contributed by atoms with Crippen LogP contribution in [0.1, 0.15) is 13.8 Å². The molecule has 0 aliphatic carbocycles. The topological polar surface area (TPSA) is 82.0 Å². The van der Waals surface area contributed by atoms with Crippen LogP contribution in [0.15, 0.2) is 34.1 Å². The van der Waals surface area contributed by atoms with Crippen LogP contribution in [0.3, 0.4) is 0 Å². The maximum absolute atomic E-state index is 11.8. The normalized spacial score (nSPS) is 10.7. The zero-order valence-electron chi connectivity index (χ0n) is 12.2. The van der Waals surface area contributed by atoms with E-state index in [1.54, 1.807) is 13.8 Å². The maximum Gasteiger partial charge on any atom is 0.325 e. The fraction of sp³-hybridized carbons (Fsp3) is 0.333. The van der Waals surface area contributed by atoms with Gasteiger partial charge in [0.05, 0.1) is 13.2 Å². The van der Waals surface area contributed by atoms with Crippen molar-refractivity contribution in [2.75, 3.05) is 13.2 Å². The molecule has 0 fully saturated rings. The highest BCUT2D eigenvalue weighted by Gasteiger charge is 2.27. The van der Waals surface area contributed by atoms with E-state index in [-0.39, 0.29) is 18.9 Å². The summed E-state index contributed by atoms with van der Waals surface area (Å²) in [7, 11) is 0. The van der Waals surface area contributed by atoms with Gasteiger partial charge in [-0.1, -0.05) is 11.6 Å². The average Bonchev–Trinajstić information content (AvgIpc) is 2.63. The molecule has 0 atom stereocenters. The lowest BCUT2D eigenvalue weighted by Crippen LogP contribution is -2.29. The highest BCUT2D eigenvalue weighted by Crippen LogP contribution is 2.10. The van der Waals surface area contributed by atoms with Gasteiger partial charge in [-0.25, -0.2) is 0 Å². The van der Waals surface area contributed by atoms with Crippen molar-refractivity contribution in [3.05, 3.63) is 39.5 Å². The largest absolute Gasteiger partial charge is 0.465 e. The van der Waals surface area contributed by atoms with Crippen LogP contribution in [0.2, 0.25) is 5.02 Å². The standard InChI is InChI=1S/C15H16ClNO5/c1-3-21-14(19)11(15(20)22-4-2)9-17-12-7-5-10(16)6-8-13(12)18/h5-9,11H,3-4H2,1-2H3. The van der Waals surface area contributed by atoms with Gasteiger partial charge in [-0.05, 0) is 38.1 Å². The Morgan fingerprint density at radius 3 is 2.23 bits per heavy atom. The van der Waals surface area contributed by atoms with Gasteiger partial charge in [-0.2, -0.15) is 0 Å². The first-order valence-electron chi connectivity index (χ1n) is 6.67. The summed E-state index contributed by atoms with van der Waals surface area (Å²) < 4.78 is 9.60. The number of rotatable bonds is 6. The molecule has 0 spiro atoms. The molecule has 118 valence electrons. The molecule has 0 saturated heterocycles. The van der Waals surface area contributed by atoms with Crippen LogP contribution in [0.25, 0.3) is 0 Å². The van der Waals surface area contributed by atoms with Crippen molar-refractivity contribution in [1.29, 1.82) is 0 Å². The van der Waals surface area contributed by atoms with E-state index in [1.807, 2.05) is 0 Å². The molecule has 0 bridgehead atoms. The summed E-state index contributed by atoms with van der Waals surface area (Å²) in [6, 6.07) is 5.56. The fourth-order valence-corrected chi connectivity index (χ4v) is 1.61. The zero-order chi connectivity index (χ0) is 16.5. The number of halogens is 1. The molecule has 0 unspecified atom stereocenters. The van der Waals surface area contributed by atoms with E-state index >= 15 is 0 Å². The van der Waals surface area contributed by atoms with E-state index in [1.165, 1.54) is 24.3 Å². The third-order valence-corrected chi connectivity index (χ3v) is 2.74. The Balaban J connectivity index is 3.08. The van der Waals surface area contributed by atoms with Gasteiger partial charge >= 0.3 is 11.9 Å². The Bertz CT molecular complexity index is 612. The smallest absolute Gasteiger partial charge is 0.325 e. The molecule has 0 N–H and O–H groups in total. The number of hydrogen-bond donors (Lipinski definition) is 0. The second kappa shape index (κ2) is 8.94. The number of carbonyl (C=O) groups is 2. The van der Waals surface area contributed by atoms with Crippen molar-refractivity contribution in [3.8, 4) is 0 Å². The van der Waals surface area contributed by atoms with Gasteiger partial charge in [0, 0.05) is 11.2 Å². The second-order valence-electron chi connectivity index (χ2n) is 4.06. The van der Waals surface area contributed by atoms with Gasteiger partial charge in [0.25, 0.3) is 0 Å². The van der Waals surface area contributed by atoms with Gasteiger partial charge in [0.15, 0.2) is 5.92 Å². The molecule has 0 radical (unpaired) electrons. The number of nitrogens with zero attached hydrogens (tertiary/aromatic N) is 1. The van der Waals surface area contributed by atoms with Crippen LogP contribution >= 0.6 is 11.6 Å². The lowest BCUT2D eigenvalue weighted by molar-refractivity contribution is -0.157. The first kappa shape index (κ1) is 17.8.